The van der Waals surface area contributed by atoms with Gasteiger partial charge < -0.3 is 20.0 Å². The summed E-state index contributed by atoms with van der Waals surface area (Å²) in [6.07, 6.45) is -0.988. The molecule has 0 saturated carbocycles. The zero-order valence-corrected chi connectivity index (χ0v) is 13.0. The van der Waals surface area contributed by atoms with E-state index < -0.39 is 22.1 Å². The van der Waals surface area contributed by atoms with Gasteiger partial charge in [0.05, 0.1) is 16.0 Å². The van der Waals surface area contributed by atoms with E-state index in [9.17, 15) is 24.5 Å². The number of hydrogen-bond acceptors (Lipinski definition) is 6. The molecule has 3 N–H and O–H groups in total. The number of aromatic nitrogens is 2. The fraction of sp³-hybridized carbons (Fsp3) is 0.357. The molecule has 0 aliphatic carbocycles. The molecule has 1 fully saturated rings. The fourth-order valence-corrected chi connectivity index (χ4v) is 2.83. The van der Waals surface area contributed by atoms with Crippen LogP contribution in [-0.2, 0) is 6.54 Å². The summed E-state index contributed by atoms with van der Waals surface area (Å²) in [6, 6.07) is 2.68. The maximum Gasteiger partial charge on any atom is 0.407 e. The number of benzene rings is 1. The molecule has 11 heteroatoms. The van der Waals surface area contributed by atoms with E-state index in [0.29, 0.717) is 37.3 Å². The number of nitro benzene ring substituents is 1. The van der Waals surface area contributed by atoms with Gasteiger partial charge in [-0.25, -0.2) is 4.79 Å². The summed E-state index contributed by atoms with van der Waals surface area (Å²) in [4.78, 5) is 52.4. The molecule has 0 unspecified atom stereocenters. The minimum absolute atomic E-state index is 0.170. The lowest BCUT2D eigenvalue weighted by atomic mass is 10.1. The lowest BCUT2D eigenvalue weighted by Crippen LogP contribution is -2.47. The van der Waals surface area contributed by atoms with Crippen LogP contribution in [0.1, 0.15) is 5.56 Å². The first kappa shape index (κ1) is 16.6. The average Bonchev–Trinajstić information content (AvgIpc) is 2.56. The number of piperazine rings is 1. The van der Waals surface area contributed by atoms with Gasteiger partial charge in [0.15, 0.2) is 0 Å². The monoisotopic (exact) mass is 349 g/mol. The number of carbonyl (C=O) groups is 1. The molecule has 25 heavy (non-hydrogen) atoms. The highest BCUT2D eigenvalue weighted by Gasteiger charge is 2.23. The highest BCUT2D eigenvalue weighted by Crippen LogP contribution is 2.24. The van der Waals surface area contributed by atoms with Crippen molar-refractivity contribution in [2.45, 2.75) is 6.54 Å². The van der Waals surface area contributed by atoms with Gasteiger partial charge in [0.2, 0.25) is 0 Å². The molecule has 132 valence electrons. The van der Waals surface area contributed by atoms with Gasteiger partial charge >= 0.3 is 17.2 Å². The molecule has 0 spiro atoms. The zero-order valence-electron chi connectivity index (χ0n) is 13.0. The van der Waals surface area contributed by atoms with Crippen molar-refractivity contribution < 1.29 is 14.8 Å². The second-order valence-corrected chi connectivity index (χ2v) is 5.74. The Hall–Kier alpha value is -3.21. The van der Waals surface area contributed by atoms with Crippen molar-refractivity contribution in [3.8, 4) is 0 Å². The molecule has 0 radical (unpaired) electrons. The third-order valence-electron chi connectivity index (χ3n) is 4.15. The van der Waals surface area contributed by atoms with Crippen LogP contribution in [-0.4, -0.2) is 62.1 Å². The van der Waals surface area contributed by atoms with Gasteiger partial charge in [0.1, 0.15) is 0 Å². The number of fused-ring (bicyclic) bond motifs is 1. The predicted molar refractivity (Wildman–Crippen MR) is 86.7 cm³/mol. The third-order valence-corrected chi connectivity index (χ3v) is 4.15. The molecule has 1 aromatic carbocycles. The molecule has 1 amide bonds. The summed E-state index contributed by atoms with van der Waals surface area (Å²) >= 11 is 0. The van der Waals surface area contributed by atoms with Crippen LogP contribution in [0.4, 0.5) is 10.5 Å². The van der Waals surface area contributed by atoms with E-state index >= 15 is 0 Å². The highest BCUT2D eigenvalue weighted by molar-refractivity contribution is 5.78. The number of aromatic amines is 2. The van der Waals surface area contributed by atoms with Crippen LogP contribution in [0.5, 0.6) is 0 Å². The van der Waals surface area contributed by atoms with Crippen molar-refractivity contribution in [3.63, 3.8) is 0 Å². The van der Waals surface area contributed by atoms with Crippen LogP contribution in [0.3, 0.4) is 0 Å². The van der Waals surface area contributed by atoms with E-state index in [2.05, 4.69) is 9.97 Å². The van der Waals surface area contributed by atoms with Crippen molar-refractivity contribution in [1.29, 1.82) is 0 Å². The SMILES string of the molecule is O=C(O)N1CCN(Cc2cc3[nH]c(=O)c(=O)[nH]c3cc2[N+](=O)[O-])CC1. The predicted octanol–water partition coefficient (Wildman–Crippen LogP) is -0.0798. The first-order valence-electron chi connectivity index (χ1n) is 7.49. The van der Waals surface area contributed by atoms with Crippen LogP contribution in [0.2, 0.25) is 0 Å². The molecule has 1 aromatic heterocycles. The Balaban J connectivity index is 1.92. The maximum absolute atomic E-state index is 11.4. The molecule has 11 nitrogen and oxygen atoms in total. The Bertz CT molecular complexity index is 956. The molecule has 0 bridgehead atoms. The summed E-state index contributed by atoms with van der Waals surface area (Å²) in [5.41, 5.74) is -1.02. The highest BCUT2D eigenvalue weighted by atomic mass is 16.6. The molecular weight excluding hydrogens is 334 g/mol. The van der Waals surface area contributed by atoms with E-state index in [4.69, 9.17) is 5.11 Å². The Morgan fingerprint density at radius 2 is 1.68 bits per heavy atom. The van der Waals surface area contributed by atoms with Gasteiger partial charge in [-0.2, -0.15) is 0 Å². The minimum Gasteiger partial charge on any atom is -0.465 e. The molecule has 1 saturated heterocycles. The largest absolute Gasteiger partial charge is 0.465 e. The normalized spacial score (nSPS) is 15.4. The van der Waals surface area contributed by atoms with Crippen LogP contribution in [0, 0.1) is 10.1 Å². The van der Waals surface area contributed by atoms with E-state index in [0.717, 1.165) is 0 Å². The smallest absolute Gasteiger partial charge is 0.407 e. The van der Waals surface area contributed by atoms with Crippen molar-refractivity contribution in [2.75, 3.05) is 26.2 Å². The topological polar surface area (TPSA) is 153 Å². The number of nitrogens with zero attached hydrogens (tertiary/aromatic N) is 3. The molecular formula is C14H15N5O6. The third kappa shape index (κ3) is 3.35. The number of amides is 1. The van der Waals surface area contributed by atoms with Gasteiger partial charge in [-0.1, -0.05) is 0 Å². The molecule has 1 aliphatic rings. The lowest BCUT2D eigenvalue weighted by Gasteiger charge is -2.32. The number of nitro groups is 1. The minimum atomic E-state index is -0.988. The number of hydrogen-bond donors (Lipinski definition) is 3. The average molecular weight is 349 g/mol. The molecule has 3 rings (SSSR count). The fourth-order valence-electron chi connectivity index (χ4n) is 2.83. The number of nitrogens with one attached hydrogen (secondary N) is 2. The van der Waals surface area contributed by atoms with Crippen molar-refractivity contribution in [3.05, 3.63) is 48.5 Å². The van der Waals surface area contributed by atoms with Crippen molar-refractivity contribution in [2.24, 2.45) is 0 Å². The van der Waals surface area contributed by atoms with Gasteiger partial charge in [-0.15, -0.1) is 0 Å². The number of H-pyrrole nitrogens is 2. The quantitative estimate of drug-likeness (QED) is 0.398. The first-order valence-corrected chi connectivity index (χ1v) is 7.49. The Morgan fingerprint density at radius 3 is 2.20 bits per heavy atom. The van der Waals surface area contributed by atoms with Crippen molar-refractivity contribution in [1.82, 2.24) is 19.8 Å². The van der Waals surface area contributed by atoms with Gasteiger partial charge in [0.25, 0.3) is 5.69 Å². The second-order valence-electron chi connectivity index (χ2n) is 5.74. The molecule has 1 aliphatic heterocycles. The maximum atomic E-state index is 11.4. The van der Waals surface area contributed by atoms with E-state index in [-0.39, 0.29) is 17.7 Å². The van der Waals surface area contributed by atoms with E-state index in [1.54, 1.807) is 0 Å². The Labute approximate surface area is 139 Å². The van der Waals surface area contributed by atoms with Crippen LogP contribution >= 0.6 is 0 Å². The van der Waals surface area contributed by atoms with E-state index in [1.807, 2.05) is 4.90 Å². The Kier molecular flexibility index (Phi) is 4.23. The van der Waals surface area contributed by atoms with E-state index in [1.165, 1.54) is 17.0 Å². The first-order chi connectivity index (χ1) is 11.8. The van der Waals surface area contributed by atoms with Crippen LogP contribution in [0.25, 0.3) is 11.0 Å². The summed E-state index contributed by atoms with van der Waals surface area (Å²) in [5, 5.41) is 20.3. The number of rotatable bonds is 3. The van der Waals surface area contributed by atoms with Gasteiger partial charge in [-0.05, 0) is 6.07 Å². The second kappa shape index (κ2) is 6.36. The Morgan fingerprint density at radius 1 is 1.12 bits per heavy atom. The van der Waals surface area contributed by atoms with Crippen molar-refractivity contribution >= 4 is 22.8 Å². The molecule has 2 heterocycles. The zero-order chi connectivity index (χ0) is 18.1. The summed E-state index contributed by atoms with van der Waals surface area (Å²) in [6.45, 7) is 1.77. The summed E-state index contributed by atoms with van der Waals surface area (Å²) in [5.74, 6) is 0. The summed E-state index contributed by atoms with van der Waals surface area (Å²) < 4.78 is 0. The van der Waals surface area contributed by atoms with Gasteiger partial charge in [-0.3, -0.25) is 24.6 Å². The van der Waals surface area contributed by atoms with Crippen LogP contribution in [0.15, 0.2) is 21.7 Å². The lowest BCUT2D eigenvalue weighted by molar-refractivity contribution is -0.385. The standard InChI is InChI=1S/C14H15N5O6/c20-12-13(21)16-10-6-11(19(24)25)8(5-9(10)15-12)7-17-1-3-18(4-2-17)14(22)23/h5-6H,1-4,7H2,(H,15,20)(H,16,21)(H,22,23). The van der Waals surface area contributed by atoms with Gasteiger partial charge in [0, 0.05) is 44.4 Å². The number of carboxylic acid groups (broad SMARTS) is 1. The molecule has 0 atom stereocenters. The van der Waals surface area contributed by atoms with Crippen LogP contribution < -0.4 is 11.1 Å². The summed E-state index contributed by atoms with van der Waals surface area (Å²) in [7, 11) is 0. The molecule has 2 aromatic rings.